The third-order valence-corrected chi connectivity index (χ3v) is 6.34. The van der Waals surface area contributed by atoms with Crippen LogP contribution in [0.15, 0.2) is 48.8 Å². The number of nitrogens with zero attached hydrogens (tertiary/aromatic N) is 3. The Labute approximate surface area is 204 Å². The molecular weight excluding hydrogens is 471 g/mol. The fourth-order valence-corrected chi connectivity index (χ4v) is 4.34. The average molecular weight is 496 g/mol. The van der Waals surface area contributed by atoms with E-state index in [9.17, 15) is 18.0 Å². The second-order valence-corrected chi connectivity index (χ2v) is 8.86. The van der Waals surface area contributed by atoms with Crippen molar-refractivity contribution in [1.29, 1.82) is 0 Å². The van der Waals surface area contributed by atoms with Crippen LogP contribution in [0.1, 0.15) is 47.2 Å². The summed E-state index contributed by atoms with van der Waals surface area (Å²) in [7, 11) is 0. The van der Waals surface area contributed by atoms with Crippen LogP contribution >= 0.6 is 0 Å². The standard InChI is InChI=1S/C25H24F3N7O/c26-25(27,28)17-10-20(24(36)33-18-3-1-2-4-18)22(32-13-17)30-11-14-5-7-15(8-6-14)16-9-19-21(29)34-35-23(19)31-12-16/h5-10,12-13,18H,1-4,11H2,(H,30,32)(H,33,36)(H3,29,31,34,35). The minimum atomic E-state index is -4.59. The van der Waals surface area contributed by atoms with E-state index in [0.717, 1.165) is 60.0 Å². The second kappa shape index (κ2) is 9.48. The topological polar surface area (TPSA) is 122 Å². The number of carbonyl (C=O) groups is 1. The van der Waals surface area contributed by atoms with Crippen molar-refractivity contribution in [2.45, 2.75) is 44.4 Å². The molecule has 0 spiro atoms. The van der Waals surface area contributed by atoms with Crippen LogP contribution in [0.3, 0.4) is 0 Å². The van der Waals surface area contributed by atoms with Crippen molar-refractivity contribution < 1.29 is 18.0 Å². The second-order valence-electron chi connectivity index (χ2n) is 8.86. The first-order valence-corrected chi connectivity index (χ1v) is 11.6. The van der Waals surface area contributed by atoms with E-state index < -0.39 is 17.6 Å². The van der Waals surface area contributed by atoms with Gasteiger partial charge in [-0.15, -0.1) is 0 Å². The number of amides is 1. The molecule has 5 N–H and O–H groups in total. The van der Waals surface area contributed by atoms with E-state index in [1.807, 2.05) is 30.3 Å². The van der Waals surface area contributed by atoms with Gasteiger partial charge in [0.15, 0.2) is 5.65 Å². The minimum absolute atomic E-state index is 0.0291. The van der Waals surface area contributed by atoms with Crippen LogP contribution in [0.25, 0.3) is 22.2 Å². The average Bonchev–Trinajstić information content (AvgIpc) is 3.52. The fraction of sp³-hybridized carbons (Fsp3) is 0.280. The number of nitrogens with two attached hydrogens (primary N) is 1. The Hall–Kier alpha value is -4.15. The van der Waals surface area contributed by atoms with Crippen molar-refractivity contribution in [1.82, 2.24) is 25.5 Å². The smallest absolute Gasteiger partial charge is 0.384 e. The number of anilines is 2. The first-order valence-electron chi connectivity index (χ1n) is 11.6. The quantitative estimate of drug-likeness (QED) is 0.302. The lowest BCUT2D eigenvalue weighted by atomic mass is 10.0. The highest BCUT2D eigenvalue weighted by molar-refractivity contribution is 5.99. The highest BCUT2D eigenvalue weighted by Gasteiger charge is 2.33. The lowest BCUT2D eigenvalue weighted by Crippen LogP contribution is -2.33. The summed E-state index contributed by atoms with van der Waals surface area (Å²) in [6.07, 6.45) is 1.48. The molecule has 4 aromatic rings. The fourth-order valence-electron chi connectivity index (χ4n) is 4.34. The van der Waals surface area contributed by atoms with E-state index in [0.29, 0.717) is 11.5 Å². The molecule has 1 amide bonds. The predicted octanol–water partition coefficient (Wildman–Crippen LogP) is 4.91. The summed E-state index contributed by atoms with van der Waals surface area (Å²) in [5, 5.41) is 13.3. The summed E-state index contributed by atoms with van der Waals surface area (Å²) in [5.41, 5.74) is 7.99. The zero-order valence-electron chi connectivity index (χ0n) is 19.2. The Morgan fingerprint density at radius 3 is 2.53 bits per heavy atom. The van der Waals surface area contributed by atoms with Crippen molar-refractivity contribution in [3.8, 4) is 11.1 Å². The van der Waals surface area contributed by atoms with E-state index in [1.165, 1.54) is 0 Å². The summed E-state index contributed by atoms with van der Waals surface area (Å²) in [4.78, 5) is 21.1. The van der Waals surface area contributed by atoms with Gasteiger partial charge in [0.05, 0.1) is 16.5 Å². The van der Waals surface area contributed by atoms with Gasteiger partial charge in [-0.2, -0.15) is 18.3 Å². The third-order valence-electron chi connectivity index (χ3n) is 6.34. The van der Waals surface area contributed by atoms with E-state index in [1.54, 1.807) is 6.20 Å². The molecule has 11 heteroatoms. The molecular formula is C25H24F3N7O. The van der Waals surface area contributed by atoms with Gasteiger partial charge >= 0.3 is 6.18 Å². The van der Waals surface area contributed by atoms with Crippen molar-refractivity contribution in [2.75, 3.05) is 11.1 Å². The van der Waals surface area contributed by atoms with Crippen molar-refractivity contribution >= 4 is 28.6 Å². The molecule has 5 rings (SSSR count). The number of halogens is 3. The zero-order chi connectivity index (χ0) is 25.3. The highest BCUT2D eigenvalue weighted by atomic mass is 19.4. The summed E-state index contributed by atoms with van der Waals surface area (Å²) in [6.45, 7) is 0.272. The van der Waals surface area contributed by atoms with Gasteiger partial charge in [-0.25, -0.2) is 9.97 Å². The minimum Gasteiger partial charge on any atom is -0.384 e. The molecule has 0 bridgehead atoms. The lowest BCUT2D eigenvalue weighted by Gasteiger charge is -2.17. The van der Waals surface area contributed by atoms with Crippen LogP contribution in [0.2, 0.25) is 0 Å². The largest absolute Gasteiger partial charge is 0.417 e. The summed E-state index contributed by atoms with van der Waals surface area (Å²) >= 11 is 0. The van der Waals surface area contributed by atoms with Gasteiger partial charge in [-0.3, -0.25) is 9.89 Å². The Balaban J connectivity index is 1.33. The van der Waals surface area contributed by atoms with Gasteiger partial charge < -0.3 is 16.4 Å². The van der Waals surface area contributed by atoms with Gasteiger partial charge in [-0.05, 0) is 36.1 Å². The normalized spacial score (nSPS) is 14.3. The van der Waals surface area contributed by atoms with E-state index in [-0.39, 0.29) is 24.0 Å². The summed E-state index contributed by atoms with van der Waals surface area (Å²) in [5.74, 6) is -0.00981. The van der Waals surface area contributed by atoms with Gasteiger partial charge in [0, 0.05) is 30.5 Å². The van der Waals surface area contributed by atoms with Crippen molar-refractivity contribution in [2.24, 2.45) is 0 Å². The van der Waals surface area contributed by atoms with Crippen molar-refractivity contribution in [3.05, 3.63) is 65.5 Å². The van der Waals surface area contributed by atoms with Gasteiger partial charge in [0.2, 0.25) is 0 Å². The molecule has 8 nitrogen and oxygen atoms in total. The molecule has 0 radical (unpaired) electrons. The van der Waals surface area contributed by atoms with Crippen LogP contribution in [0, 0.1) is 0 Å². The maximum absolute atomic E-state index is 13.3. The molecule has 1 aromatic carbocycles. The van der Waals surface area contributed by atoms with E-state index in [2.05, 4.69) is 30.8 Å². The molecule has 0 saturated heterocycles. The molecule has 1 saturated carbocycles. The number of benzene rings is 1. The molecule has 0 aliphatic heterocycles. The van der Waals surface area contributed by atoms with Crippen molar-refractivity contribution in [3.63, 3.8) is 0 Å². The van der Waals surface area contributed by atoms with Crippen LogP contribution in [-0.4, -0.2) is 32.1 Å². The molecule has 0 atom stereocenters. The molecule has 1 fully saturated rings. The molecule has 3 aromatic heterocycles. The Morgan fingerprint density at radius 1 is 1.06 bits per heavy atom. The Bertz CT molecular complexity index is 1390. The highest BCUT2D eigenvalue weighted by Crippen LogP contribution is 2.31. The number of rotatable bonds is 6. The number of fused-ring (bicyclic) bond motifs is 1. The van der Waals surface area contributed by atoms with E-state index >= 15 is 0 Å². The number of H-pyrrole nitrogens is 1. The summed E-state index contributed by atoms with van der Waals surface area (Å²) in [6, 6.07) is 10.3. The number of nitrogens with one attached hydrogen (secondary N) is 3. The number of hydrogen-bond acceptors (Lipinski definition) is 6. The van der Waals surface area contributed by atoms with Gasteiger partial charge in [0.1, 0.15) is 11.6 Å². The molecule has 186 valence electrons. The predicted molar refractivity (Wildman–Crippen MR) is 130 cm³/mol. The molecule has 1 aliphatic carbocycles. The SMILES string of the molecule is Nc1[nH]nc2ncc(-c3ccc(CNc4ncc(C(F)(F)F)cc4C(=O)NC4CCCC4)cc3)cc12. The number of nitrogen functional groups attached to an aromatic ring is 1. The number of aromatic amines is 1. The lowest BCUT2D eigenvalue weighted by molar-refractivity contribution is -0.137. The first-order chi connectivity index (χ1) is 17.3. The third kappa shape index (κ3) is 4.95. The van der Waals surface area contributed by atoms with Crippen LogP contribution < -0.4 is 16.4 Å². The molecule has 0 unspecified atom stereocenters. The zero-order valence-corrected chi connectivity index (χ0v) is 19.2. The first kappa shape index (κ1) is 23.6. The number of pyridine rings is 2. The maximum atomic E-state index is 13.3. The Morgan fingerprint density at radius 2 is 1.81 bits per heavy atom. The maximum Gasteiger partial charge on any atom is 0.417 e. The van der Waals surface area contributed by atoms with Crippen LogP contribution in [0.5, 0.6) is 0 Å². The number of aromatic nitrogens is 4. The van der Waals surface area contributed by atoms with Crippen LogP contribution in [-0.2, 0) is 12.7 Å². The van der Waals surface area contributed by atoms with Crippen LogP contribution in [0.4, 0.5) is 24.8 Å². The molecule has 36 heavy (non-hydrogen) atoms. The van der Waals surface area contributed by atoms with Gasteiger partial charge in [-0.1, -0.05) is 37.1 Å². The monoisotopic (exact) mass is 495 g/mol. The molecule has 3 heterocycles. The van der Waals surface area contributed by atoms with Gasteiger partial charge in [0.25, 0.3) is 5.91 Å². The summed E-state index contributed by atoms with van der Waals surface area (Å²) < 4.78 is 39.8. The Kier molecular flexibility index (Phi) is 6.21. The van der Waals surface area contributed by atoms with E-state index in [4.69, 9.17) is 5.73 Å². The molecule has 1 aliphatic rings. The number of alkyl halides is 3. The number of hydrogen-bond donors (Lipinski definition) is 4. The number of carbonyl (C=O) groups excluding carboxylic acids is 1.